The maximum Gasteiger partial charge on any atom is 0.185 e. The lowest BCUT2D eigenvalue weighted by Crippen LogP contribution is -2.41. The van der Waals surface area contributed by atoms with Gasteiger partial charge in [-0.15, -0.1) is 11.3 Å². The van der Waals surface area contributed by atoms with E-state index < -0.39 is 0 Å². The van der Waals surface area contributed by atoms with Gasteiger partial charge in [-0.1, -0.05) is 0 Å². The molecule has 0 amide bonds. The minimum absolute atomic E-state index is 0.739. The van der Waals surface area contributed by atoms with E-state index in [9.17, 15) is 0 Å². The van der Waals surface area contributed by atoms with Crippen LogP contribution in [-0.2, 0) is 6.54 Å². The predicted molar refractivity (Wildman–Crippen MR) is 73.8 cm³/mol. The van der Waals surface area contributed by atoms with Crippen LogP contribution in [-0.4, -0.2) is 50.2 Å². The molecule has 0 spiro atoms. The number of aromatic nitrogens is 1. The molecule has 0 aliphatic carbocycles. The highest BCUT2D eigenvalue weighted by Crippen LogP contribution is 2.26. The molecule has 1 aliphatic heterocycles. The van der Waals surface area contributed by atoms with Crippen molar-refractivity contribution in [1.82, 2.24) is 15.2 Å². The largest absolute Gasteiger partial charge is 0.348 e. The van der Waals surface area contributed by atoms with Gasteiger partial charge in [0.25, 0.3) is 0 Å². The van der Waals surface area contributed by atoms with Crippen molar-refractivity contribution in [1.29, 1.82) is 0 Å². The van der Waals surface area contributed by atoms with Gasteiger partial charge >= 0.3 is 0 Å². The van der Waals surface area contributed by atoms with Crippen LogP contribution in [0.2, 0.25) is 0 Å². The van der Waals surface area contributed by atoms with E-state index in [4.69, 9.17) is 0 Å². The van der Waals surface area contributed by atoms with Crippen molar-refractivity contribution in [3.63, 3.8) is 0 Å². The number of rotatable bonds is 4. The van der Waals surface area contributed by atoms with E-state index in [0.29, 0.717) is 0 Å². The second-order valence-corrected chi connectivity index (χ2v) is 5.91. The molecule has 0 unspecified atom stereocenters. The second kappa shape index (κ2) is 5.80. The van der Waals surface area contributed by atoms with Crippen LogP contribution in [0.5, 0.6) is 0 Å². The molecule has 1 aliphatic rings. The summed E-state index contributed by atoms with van der Waals surface area (Å²) >= 11 is 1.81. The molecular formula is C12H22N4S. The lowest BCUT2D eigenvalue weighted by Gasteiger charge is -2.35. The fraction of sp³-hybridized carbons (Fsp3) is 0.750. The minimum atomic E-state index is 0.739. The average Bonchev–Trinajstić information content (AvgIpc) is 2.78. The van der Waals surface area contributed by atoms with Gasteiger partial charge in [0.1, 0.15) is 0 Å². The van der Waals surface area contributed by atoms with E-state index in [2.05, 4.69) is 34.2 Å². The van der Waals surface area contributed by atoms with Crippen molar-refractivity contribution < 1.29 is 0 Å². The lowest BCUT2D eigenvalue weighted by molar-refractivity contribution is 0.249. The Morgan fingerprint density at radius 2 is 2.18 bits per heavy atom. The first-order chi connectivity index (χ1) is 8.20. The molecule has 1 aromatic heterocycles. The van der Waals surface area contributed by atoms with E-state index >= 15 is 0 Å². The zero-order valence-electron chi connectivity index (χ0n) is 10.9. The first-order valence-corrected chi connectivity index (χ1v) is 7.03. The molecule has 4 nitrogen and oxygen atoms in total. The molecule has 5 heteroatoms. The topological polar surface area (TPSA) is 31.4 Å². The Labute approximate surface area is 108 Å². The summed E-state index contributed by atoms with van der Waals surface area (Å²) in [4.78, 5) is 10.6. The molecule has 1 fully saturated rings. The molecule has 1 aromatic rings. The van der Waals surface area contributed by atoms with Gasteiger partial charge in [-0.3, -0.25) is 0 Å². The van der Waals surface area contributed by atoms with Gasteiger partial charge in [0, 0.05) is 36.8 Å². The molecule has 17 heavy (non-hydrogen) atoms. The summed E-state index contributed by atoms with van der Waals surface area (Å²) in [6.45, 7) is 3.19. The number of hydrogen-bond acceptors (Lipinski definition) is 5. The summed E-state index contributed by atoms with van der Waals surface area (Å²) in [5, 5.41) is 4.35. The Kier molecular flexibility index (Phi) is 4.36. The van der Waals surface area contributed by atoms with Crippen LogP contribution in [0.25, 0.3) is 0 Å². The van der Waals surface area contributed by atoms with Crippen LogP contribution in [0.3, 0.4) is 0 Å². The molecular weight excluding hydrogens is 232 g/mol. The zero-order chi connectivity index (χ0) is 12.3. The Bertz CT molecular complexity index is 342. The summed E-state index contributed by atoms with van der Waals surface area (Å²) in [5.74, 6) is 0. The SMILES string of the molecule is CNCc1cnc(N2CCC(N(C)C)CC2)s1. The van der Waals surface area contributed by atoms with Gasteiger partial charge in [0.2, 0.25) is 0 Å². The lowest BCUT2D eigenvalue weighted by atomic mass is 10.0. The van der Waals surface area contributed by atoms with Crippen LogP contribution in [0, 0.1) is 0 Å². The molecule has 0 atom stereocenters. The minimum Gasteiger partial charge on any atom is -0.348 e. The van der Waals surface area contributed by atoms with E-state index in [1.165, 1.54) is 22.9 Å². The Morgan fingerprint density at radius 1 is 1.47 bits per heavy atom. The van der Waals surface area contributed by atoms with E-state index in [1.54, 1.807) is 0 Å². The summed E-state index contributed by atoms with van der Waals surface area (Å²) in [5.41, 5.74) is 0. The van der Waals surface area contributed by atoms with Crippen molar-refractivity contribution in [2.24, 2.45) is 0 Å². The molecule has 2 rings (SSSR count). The maximum atomic E-state index is 4.52. The molecule has 0 aromatic carbocycles. The highest BCUT2D eigenvalue weighted by molar-refractivity contribution is 7.15. The van der Waals surface area contributed by atoms with Gasteiger partial charge in [-0.2, -0.15) is 0 Å². The summed E-state index contributed by atoms with van der Waals surface area (Å²) < 4.78 is 0. The summed E-state index contributed by atoms with van der Waals surface area (Å²) in [7, 11) is 6.32. The third-order valence-electron chi connectivity index (χ3n) is 3.36. The van der Waals surface area contributed by atoms with Crippen LogP contribution in [0.15, 0.2) is 6.20 Å². The Morgan fingerprint density at radius 3 is 2.76 bits per heavy atom. The normalized spacial score (nSPS) is 18.0. The number of nitrogens with zero attached hydrogens (tertiary/aromatic N) is 3. The van der Waals surface area contributed by atoms with Crippen LogP contribution in [0.4, 0.5) is 5.13 Å². The second-order valence-electron chi connectivity index (χ2n) is 4.82. The fourth-order valence-electron chi connectivity index (χ4n) is 2.27. The number of nitrogens with one attached hydrogen (secondary N) is 1. The van der Waals surface area contributed by atoms with Gasteiger partial charge < -0.3 is 15.1 Å². The van der Waals surface area contributed by atoms with Crippen molar-refractivity contribution in [3.05, 3.63) is 11.1 Å². The van der Waals surface area contributed by atoms with Crippen molar-refractivity contribution >= 4 is 16.5 Å². The summed E-state index contributed by atoms with van der Waals surface area (Å²) in [6, 6.07) is 0.739. The third-order valence-corrected chi connectivity index (χ3v) is 4.42. The van der Waals surface area contributed by atoms with E-state index in [1.807, 2.05) is 24.6 Å². The monoisotopic (exact) mass is 254 g/mol. The standard InChI is InChI=1S/C12H22N4S/c1-13-8-11-9-14-12(17-11)16-6-4-10(5-7-16)15(2)3/h9-10,13H,4-8H2,1-3H3. The Balaban J connectivity index is 1.91. The van der Waals surface area contributed by atoms with Gasteiger partial charge in [-0.25, -0.2) is 4.98 Å². The van der Waals surface area contributed by atoms with Gasteiger partial charge in [0.15, 0.2) is 5.13 Å². The van der Waals surface area contributed by atoms with Crippen LogP contribution < -0.4 is 10.2 Å². The highest BCUT2D eigenvalue weighted by Gasteiger charge is 2.22. The number of thiazole rings is 1. The number of anilines is 1. The van der Waals surface area contributed by atoms with Crippen molar-refractivity contribution in [2.45, 2.75) is 25.4 Å². The third kappa shape index (κ3) is 3.18. The average molecular weight is 254 g/mol. The van der Waals surface area contributed by atoms with Crippen LogP contribution in [0.1, 0.15) is 17.7 Å². The molecule has 96 valence electrons. The number of hydrogen-bond donors (Lipinski definition) is 1. The molecule has 0 radical (unpaired) electrons. The highest BCUT2D eigenvalue weighted by atomic mass is 32.1. The van der Waals surface area contributed by atoms with Gasteiger partial charge in [-0.05, 0) is 34.0 Å². The molecule has 2 heterocycles. The van der Waals surface area contributed by atoms with Crippen molar-refractivity contribution in [2.75, 3.05) is 39.1 Å². The molecule has 0 saturated carbocycles. The molecule has 1 saturated heterocycles. The smallest absolute Gasteiger partial charge is 0.185 e. The van der Waals surface area contributed by atoms with Crippen molar-refractivity contribution in [3.8, 4) is 0 Å². The molecule has 0 bridgehead atoms. The fourth-order valence-corrected chi connectivity index (χ4v) is 3.25. The first-order valence-electron chi connectivity index (χ1n) is 6.21. The Hall–Kier alpha value is -0.650. The quantitative estimate of drug-likeness (QED) is 0.880. The van der Waals surface area contributed by atoms with Gasteiger partial charge in [0.05, 0.1) is 0 Å². The first kappa shape index (κ1) is 12.8. The number of piperidine rings is 1. The zero-order valence-corrected chi connectivity index (χ0v) is 11.8. The van der Waals surface area contributed by atoms with E-state index in [0.717, 1.165) is 25.7 Å². The molecule has 1 N–H and O–H groups in total. The summed E-state index contributed by atoms with van der Waals surface area (Å²) in [6.07, 6.45) is 4.48. The van der Waals surface area contributed by atoms with Crippen LogP contribution >= 0.6 is 11.3 Å². The maximum absolute atomic E-state index is 4.52. The predicted octanol–water partition coefficient (Wildman–Crippen LogP) is 1.39. The van der Waals surface area contributed by atoms with E-state index in [-0.39, 0.29) is 0 Å².